The van der Waals surface area contributed by atoms with E-state index in [1.165, 1.54) is 40.4 Å². The number of nitrogens with zero attached hydrogens (tertiary/aromatic N) is 6. The molecule has 4 rings (SSSR count). The van der Waals surface area contributed by atoms with Gasteiger partial charge in [0, 0.05) is 16.4 Å². The fourth-order valence-corrected chi connectivity index (χ4v) is 7.08. The normalized spacial score (nSPS) is 22.0. The zero-order valence-electron chi connectivity index (χ0n) is 18.1. The Balaban J connectivity index is 1.36. The van der Waals surface area contributed by atoms with Crippen LogP contribution in [0.4, 0.5) is 0 Å². The van der Waals surface area contributed by atoms with Gasteiger partial charge in [-0.15, -0.1) is 11.8 Å². The topological polar surface area (TPSA) is 151 Å². The summed E-state index contributed by atoms with van der Waals surface area (Å²) >= 11 is 4.44. The highest BCUT2D eigenvalue weighted by Crippen LogP contribution is 2.41. The van der Waals surface area contributed by atoms with Crippen LogP contribution >= 0.6 is 35.5 Å². The molecule has 14 heteroatoms. The average Bonchev–Trinajstić information content (AvgIpc) is 3.25. The average molecular weight is 520 g/mol. The van der Waals surface area contributed by atoms with Gasteiger partial charge in [0.2, 0.25) is 5.91 Å². The Labute approximate surface area is 208 Å². The molecule has 2 unspecified atom stereocenters. The van der Waals surface area contributed by atoms with Gasteiger partial charge in [-0.2, -0.15) is 0 Å². The number of β-lactam (4-membered cyclic amide) rings is 1. The highest BCUT2D eigenvalue weighted by Gasteiger charge is 2.54. The van der Waals surface area contributed by atoms with Crippen LogP contribution in [0.1, 0.15) is 11.1 Å². The lowest BCUT2D eigenvalue weighted by Gasteiger charge is -2.49. The lowest BCUT2D eigenvalue weighted by atomic mass is 10.0. The van der Waals surface area contributed by atoms with Crippen LogP contribution in [-0.4, -0.2) is 73.1 Å². The zero-order chi connectivity index (χ0) is 24.2. The van der Waals surface area contributed by atoms with Crippen molar-refractivity contribution in [1.29, 1.82) is 0 Å². The zero-order valence-corrected chi connectivity index (χ0v) is 20.5. The summed E-state index contributed by atoms with van der Waals surface area (Å²) < 4.78 is 2.85. The van der Waals surface area contributed by atoms with Crippen molar-refractivity contribution in [2.24, 2.45) is 10.1 Å². The van der Waals surface area contributed by atoms with E-state index >= 15 is 0 Å². The molecule has 1 fully saturated rings. The number of thioether (sulfide) groups is 2. The Morgan fingerprint density at radius 2 is 2.09 bits per heavy atom. The van der Waals surface area contributed by atoms with Gasteiger partial charge in [0.1, 0.15) is 28.2 Å². The molecule has 0 radical (unpaired) electrons. The number of fused-ring (bicyclic) bond motifs is 1. The first-order valence-corrected chi connectivity index (χ1v) is 13.0. The minimum Gasteiger partial charge on any atom is -0.477 e. The fourth-order valence-electron chi connectivity index (χ4n) is 3.65. The number of carboxylic acid groups (broad SMARTS) is 1. The third-order valence-electron chi connectivity index (χ3n) is 5.27. The monoisotopic (exact) mass is 519 g/mol. The quantitative estimate of drug-likeness (QED) is 0.175. The van der Waals surface area contributed by atoms with Crippen LogP contribution in [0.3, 0.4) is 0 Å². The first-order valence-electron chi connectivity index (χ1n) is 10.2. The molecule has 0 bridgehead atoms. The van der Waals surface area contributed by atoms with Crippen LogP contribution in [0.2, 0.25) is 0 Å². The number of benzene rings is 1. The molecule has 0 spiro atoms. The van der Waals surface area contributed by atoms with E-state index in [0.717, 1.165) is 15.5 Å². The third kappa shape index (κ3) is 5.36. The van der Waals surface area contributed by atoms with Gasteiger partial charge in [-0.25, -0.2) is 9.10 Å². The standard InChI is InChI=1S/C20H21N7O4S3/c1-26-10-22-20(34-26)33-9-13-8-32-18-15(17(29)27(18)16(13)19(30)31)24-14(28)6-11-2-4-12(5-3-11)7-23-25-21/h2-5,15,18H,6-10H2,1H3,(H,24,28)(H,30,31). The third-order valence-corrected chi connectivity index (χ3v) is 8.77. The van der Waals surface area contributed by atoms with Crippen molar-refractivity contribution in [1.82, 2.24) is 14.5 Å². The maximum atomic E-state index is 12.8. The molecule has 0 saturated carbocycles. The number of carboxylic acids is 1. The minimum atomic E-state index is -1.14. The molecule has 34 heavy (non-hydrogen) atoms. The predicted molar refractivity (Wildman–Crippen MR) is 133 cm³/mol. The van der Waals surface area contributed by atoms with E-state index in [4.69, 9.17) is 5.53 Å². The summed E-state index contributed by atoms with van der Waals surface area (Å²) in [5.41, 5.74) is 10.7. The summed E-state index contributed by atoms with van der Waals surface area (Å²) in [6.07, 6.45) is 0.0840. The van der Waals surface area contributed by atoms with E-state index in [1.54, 1.807) is 24.3 Å². The lowest BCUT2D eigenvalue weighted by Crippen LogP contribution is -2.70. The number of carbonyl (C=O) groups excluding carboxylic acids is 2. The van der Waals surface area contributed by atoms with Crippen LogP contribution in [-0.2, 0) is 27.3 Å². The van der Waals surface area contributed by atoms with Crippen LogP contribution in [0, 0.1) is 0 Å². The smallest absolute Gasteiger partial charge is 0.352 e. The molecule has 11 nitrogen and oxygen atoms in total. The van der Waals surface area contributed by atoms with Crippen molar-refractivity contribution >= 4 is 57.6 Å². The molecule has 178 valence electrons. The molecule has 2 atom stereocenters. The molecule has 2 amide bonds. The van der Waals surface area contributed by atoms with E-state index in [-0.39, 0.29) is 24.6 Å². The summed E-state index contributed by atoms with van der Waals surface area (Å²) in [6.45, 7) is 0.832. The first kappa shape index (κ1) is 24.5. The molecule has 2 N–H and O–H groups in total. The van der Waals surface area contributed by atoms with Gasteiger partial charge >= 0.3 is 5.97 Å². The maximum absolute atomic E-state index is 12.8. The van der Waals surface area contributed by atoms with Gasteiger partial charge in [0.15, 0.2) is 0 Å². The van der Waals surface area contributed by atoms with Crippen LogP contribution in [0.25, 0.3) is 10.4 Å². The highest BCUT2D eigenvalue weighted by molar-refractivity contribution is 8.38. The van der Waals surface area contributed by atoms with Crippen molar-refractivity contribution in [3.05, 3.63) is 57.1 Å². The lowest BCUT2D eigenvalue weighted by molar-refractivity contribution is -0.150. The number of hydrogen-bond donors (Lipinski definition) is 2. The summed E-state index contributed by atoms with van der Waals surface area (Å²) in [4.78, 5) is 45.7. The number of carbonyl (C=O) groups is 3. The highest BCUT2D eigenvalue weighted by atomic mass is 32.2. The van der Waals surface area contributed by atoms with E-state index in [9.17, 15) is 19.5 Å². The van der Waals surface area contributed by atoms with Gasteiger partial charge in [-0.05, 0) is 41.2 Å². The second kappa shape index (κ2) is 10.7. The van der Waals surface area contributed by atoms with Gasteiger partial charge in [-0.1, -0.05) is 41.1 Å². The number of azide groups is 1. The van der Waals surface area contributed by atoms with E-state index in [2.05, 4.69) is 20.3 Å². The first-order chi connectivity index (χ1) is 16.4. The van der Waals surface area contributed by atoms with Gasteiger partial charge < -0.3 is 10.4 Å². The second-order valence-corrected chi connectivity index (χ2v) is 11.2. The molecule has 1 aromatic rings. The molecule has 0 aliphatic carbocycles. The Morgan fingerprint density at radius 1 is 1.35 bits per heavy atom. The largest absolute Gasteiger partial charge is 0.477 e. The Morgan fingerprint density at radius 3 is 2.74 bits per heavy atom. The minimum absolute atomic E-state index is 0.0133. The van der Waals surface area contributed by atoms with Crippen molar-refractivity contribution in [2.75, 3.05) is 25.2 Å². The number of aliphatic imine (C=N–C) groups is 1. The molecule has 1 aromatic carbocycles. The molecule has 3 aliphatic heterocycles. The Bertz CT molecular complexity index is 1120. The number of nitrogens with one attached hydrogen (secondary N) is 1. The Kier molecular flexibility index (Phi) is 7.73. The predicted octanol–water partition coefficient (Wildman–Crippen LogP) is 2.42. The summed E-state index contributed by atoms with van der Waals surface area (Å²) in [5, 5.41) is 15.6. The molecular formula is C20H21N7O4S3. The van der Waals surface area contributed by atoms with Gasteiger partial charge in [0.05, 0.1) is 13.0 Å². The van der Waals surface area contributed by atoms with Crippen LogP contribution in [0.15, 0.2) is 45.6 Å². The number of rotatable bonds is 8. The van der Waals surface area contributed by atoms with E-state index in [1.807, 2.05) is 11.4 Å². The van der Waals surface area contributed by atoms with Crippen molar-refractivity contribution in [3.63, 3.8) is 0 Å². The van der Waals surface area contributed by atoms with Crippen molar-refractivity contribution in [3.8, 4) is 0 Å². The van der Waals surface area contributed by atoms with Crippen molar-refractivity contribution < 1.29 is 19.5 Å². The van der Waals surface area contributed by atoms with Gasteiger partial charge in [0.25, 0.3) is 5.91 Å². The maximum Gasteiger partial charge on any atom is 0.352 e. The molecular weight excluding hydrogens is 498 g/mol. The molecule has 3 heterocycles. The molecule has 3 aliphatic rings. The second-order valence-electron chi connectivity index (χ2n) is 7.67. The summed E-state index contributed by atoms with van der Waals surface area (Å²) in [6, 6.07) is 6.34. The van der Waals surface area contributed by atoms with Crippen LogP contribution < -0.4 is 5.32 Å². The number of amides is 2. The SMILES string of the molecule is CN1CN=C(SCC2=C(C(=O)O)N3C(=O)C(NC(=O)Cc4ccc(CN=[N+]=[N-])cc4)C3SC2)S1. The fraction of sp³-hybridized carbons (Fsp3) is 0.400. The van der Waals surface area contributed by atoms with E-state index in [0.29, 0.717) is 23.7 Å². The number of aliphatic carboxylic acids is 1. The van der Waals surface area contributed by atoms with E-state index < -0.39 is 23.3 Å². The summed E-state index contributed by atoms with van der Waals surface area (Å²) in [7, 11) is 1.93. The van der Waals surface area contributed by atoms with Crippen molar-refractivity contribution in [2.45, 2.75) is 24.4 Å². The molecule has 0 aromatic heterocycles. The summed E-state index contributed by atoms with van der Waals surface area (Å²) in [5.74, 6) is -0.961. The van der Waals surface area contributed by atoms with Crippen LogP contribution in [0.5, 0.6) is 0 Å². The Hall–Kier alpha value is -2.64. The number of hydrogen-bond acceptors (Lipinski definition) is 9. The van der Waals surface area contributed by atoms with Gasteiger partial charge in [-0.3, -0.25) is 19.5 Å². The molecule has 1 saturated heterocycles.